The third-order valence-electron chi connectivity index (χ3n) is 3.26. The molecular weight excluding hydrogens is 387 g/mol. The number of halogens is 4. The molecule has 0 aliphatic heterocycles. The van der Waals surface area contributed by atoms with E-state index in [-0.39, 0.29) is 5.03 Å². The highest BCUT2D eigenvalue weighted by molar-refractivity contribution is 7.99. The van der Waals surface area contributed by atoms with Gasteiger partial charge in [0, 0.05) is 17.1 Å². The van der Waals surface area contributed by atoms with Crippen LogP contribution in [0.15, 0.2) is 59.2 Å². The van der Waals surface area contributed by atoms with E-state index in [0.717, 1.165) is 23.4 Å². The highest BCUT2D eigenvalue weighted by Gasteiger charge is 2.33. The zero-order chi connectivity index (χ0) is 18.7. The van der Waals surface area contributed by atoms with E-state index >= 15 is 0 Å². The van der Waals surface area contributed by atoms with Gasteiger partial charge in [0.1, 0.15) is 5.03 Å². The monoisotopic (exact) mass is 397 g/mol. The molecule has 26 heavy (non-hydrogen) atoms. The Kier molecular flexibility index (Phi) is 5.28. The molecule has 3 aromatic rings. The molecule has 0 N–H and O–H groups in total. The van der Waals surface area contributed by atoms with Gasteiger partial charge in [-0.15, -0.1) is 27.0 Å². The normalized spacial score (nSPS) is 11.5. The molecule has 0 unspecified atom stereocenters. The summed E-state index contributed by atoms with van der Waals surface area (Å²) in [6.07, 6.45) is -2.86. The van der Waals surface area contributed by atoms with E-state index in [2.05, 4.69) is 27.0 Å². The maximum absolute atomic E-state index is 12.6. The lowest BCUT2D eigenvalue weighted by Gasteiger charge is -2.08. The van der Waals surface area contributed by atoms with Crippen molar-refractivity contribution in [1.82, 2.24) is 25.0 Å². The van der Waals surface area contributed by atoms with Crippen LogP contribution in [0, 0.1) is 0 Å². The van der Waals surface area contributed by atoms with Crippen LogP contribution in [0.5, 0.6) is 0 Å². The predicted octanol–water partition coefficient (Wildman–Crippen LogP) is 4.74. The lowest BCUT2D eigenvalue weighted by molar-refractivity contribution is -0.141. The Morgan fingerprint density at radius 1 is 1.04 bits per heavy atom. The summed E-state index contributed by atoms with van der Waals surface area (Å²) in [5.41, 5.74) is -0.245. The first-order chi connectivity index (χ1) is 12.4. The maximum Gasteiger partial charge on any atom is 0.435 e. The van der Waals surface area contributed by atoms with Gasteiger partial charge in [-0.25, -0.2) is 0 Å². The van der Waals surface area contributed by atoms with E-state index < -0.39 is 11.9 Å². The van der Waals surface area contributed by atoms with E-state index in [1.54, 1.807) is 34.9 Å². The summed E-state index contributed by atoms with van der Waals surface area (Å²) in [6, 6.07) is 9.20. The maximum atomic E-state index is 12.6. The number of hydrogen-bond donors (Lipinski definition) is 0. The quantitative estimate of drug-likeness (QED) is 0.582. The van der Waals surface area contributed by atoms with Gasteiger partial charge in [-0.2, -0.15) is 13.2 Å². The van der Waals surface area contributed by atoms with Gasteiger partial charge < -0.3 is 0 Å². The van der Waals surface area contributed by atoms with Crippen LogP contribution in [0.3, 0.4) is 0 Å². The number of benzene rings is 1. The summed E-state index contributed by atoms with van der Waals surface area (Å²) in [5.74, 6) is 0.587. The third kappa shape index (κ3) is 4.05. The van der Waals surface area contributed by atoms with Crippen molar-refractivity contribution in [2.75, 3.05) is 0 Å². The molecule has 3 rings (SSSR count). The summed E-state index contributed by atoms with van der Waals surface area (Å²) in [5, 5.41) is 16.4. The molecule has 0 fully saturated rings. The van der Waals surface area contributed by atoms with Crippen LogP contribution < -0.4 is 0 Å². The van der Waals surface area contributed by atoms with Crippen LogP contribution in [0.1, 0.15) is 5.69 Å². The molecule has 0 aliphatic rings. The molecule has 0 radical (unpaired) electrons. The molecule has 5 nitrogen and oxygen atoms in total. The second-order valence-corrected chi connectivity index (χ2v) is 6.49. The first-order valence-electron chi connectivity index (χ1n) is 7.27. The van der Waals surface area contributed by atoms with Crippen LogP contribution >= 0.6 is 23.4 Å². The minimum Gasteiger partial charge on any atom is -0.298 e. The molecule has 1 aromatic carbocycles. The standard InChI is InChI=1S/C16H11ClF3N5S/c1-2-9-25-14(10-3-5-11(17)6-4-10)23-24-15(25)26-13-8-7-12(21-22-13)16(18,19)20/h2-8H,1,9H2. The van der Waals surface area contributed by atoms with Gasteiger partial charge in [-0.3, -0.25) is 4.57 Å². The average molecular weight is 398 g/mol. The highest BCUT2D eigenvalue weighted by atomic mass is 35.5. The Bertz CT molecular complexity index is 907. The number of rotatable bonds is 5. The second kappa shape index (κ2) is 7.46. The van der Waals surface area contributed by atoms with Crippen LogP contribution in [-0.4, -0.2) is 25.0 Å². The third-order valence-corrected chi connectivity index (χ3v) is 4.42. The highest BCUT2D eigenvalue weighted by Crippen LogP contribution is 2.31. The molecule has 2 heterocycles. The summed E-state index contributed by atoms with van der Waals surface area (Å²) >= 11 is 6.97. The molecule has 0 saturated heterocycles. The van der Waals surface area contributed by atoms with Crippen molar-refractivity contribution in [2.24, 2.45) is 0 Å². The summed E-state index contributed by atoms with van der Waals surface area (Å²) in [6.45, 7) is 4.13. The number of nitrogens with zero attached hydrogens (tertiary/aromatic N) is 5. The summed E-state index contributed by atoms with van der Waals surface area (Å²) in [7, 11) is 0. The minimum absolute atomic E-state index is 0.276. The molecule has 0 aliphatic carbocycles. The lowest BCUT2D eigenvalue weighted by Crippen LogP contribution is -2.09. The first kappa shape index (κ1) is 18.4. The zero-order valence-corrected chi connectivity index (χ0v) is 14.7. The Morgan fingerprint density at radius 2 is 1.77 bits per heavy atom. The van der Waals surface area contributed by atoms with Gasteiger partial charge in [-0.05, 0) is 48.2 Å². The molecule has 134 valence electrons. The Labute approximate surface area is 155 Å². The van der Waals surface area contributed by atoms with E-state index in [9.17, 15) is 13.2 Å². The van der Waals surface area contributed by atoms with Crippen molar-refractivity contribution in [2.45, 2.75) is 22.9 Å². The van der Waals surface area contributed by atoms with Gasteiger partial charge in [-0.1, -0.05) is 17.7 Å². The number of aromatic nitrogens is 5. The number of allylic oxidation sites excluding steroid dienone is 1. The van der Waals surface area contributed by atoms with Crippen molar-refractivity contribution in [3.63, 3.8) is 0 Å². The van der Waals surface area contributed by atoms with Crippen molar-refractivity contribution in [3.05, 3.63) is 59.8 Å². The average Bonchev–Trinajstić information content (AvgIpc) is 2.98. The first-order valence-corrected chi connectivity index (χ1v) is 8.47. The predicted molar refractivity (Wildman–Crippen MR) is 91.8 cm³/mol. The van der Waals surface area contributed by atoms with Crippen molar-refractivity contribution in [3.8, 4) is 11.4 Å². The molecule has 2 aromatic heterocycles. The fourth-order valence-electron chi connectivity index (χ4n) is 2.09. The van der Waals surface area contributed by atoms with Gasteiger partial charge in [0.05, 0.1) is 0 Å². The van der Waals surface area contributed by atoms with Crippen molar-refractivity contribution < 1.29 is 13.2 Å². The fourth-order valence-corrected chi connectivity index (χ4v) is 2.97. The molecule has 10 heteroatoms. The van der Waals surface area contributed by atoms with Crippen molar-refractivity contribution in [1.29, 1.82) is 0 Å². The molecular formula is C16H11ClF3N5S. The van der Waals surface area contributed by atoms with Gasteiger partial charge >= 0.3 is 6.18 Å². The van der Waals surface area contributed by atoms with Crippen LogP contribution in [0.4, 0.5) is 13.2 Å². The lowest BCUT2D eigenvalue weighted by atomic mass is 10.2. The summed E-state index contributed by atoms with van der Waals surface area (Å²) in [4.78, 5) is 0. The van der Waals surface area contributed by atoms with E-state index in [1.807, 2.05) is 0 Å². The van der Waals surface area contributed by atoms with Crippen LogP contribution in [0.25, 0.3) is 11.4 Å². The molecule has 0 saturated carbocycles. The molecule has 0 spiro atoms. The second-order valence-electron chi connectivity index (χ2n) is 5.07. The molecule has 0 atom stereocenters. The van der Waals surface area contributed by atoms with Crippen LogP contribution in [0.2, 0.25) is 5.02 Å². The number of hydrogen-bond acceptors (Lipinski definition) is 5. The molecule has 0 bridgehead atoms. The Morgan fingerprint density at radius 3 is 2.35 bits per heavy atom. The van der Waals surface area contributed by atoms with E-state index in [4.69, 9.17) is 11.6 Å². The largest absolute Gasteiger partial charge is 0.435 e. The van der Waals surface area contributed by atoms with E-state index in [1.165, 1.54) is 6.07 Å². The van der Waals surface area contributed by atoms with E-state index in [0.29, 0.717) is 22.5 Å². The van der Waals surface area contributed by atoms with Crippen molar-refractivity contribution >= 4 is 23.4 Å². The minimum atomic E-state index is -4.53. The summed E-state index contributed by atoms with van der Waals surface area (Å²) < 4.78 is 39.5. The van der Waals surface area contributed by atoms with Gasteiger partial charge in [0.2, 0.25) is 0 Å². The molecule has 0 amide bonds. The Balaban J connectivity index is 1.90. The fraction of sp³-hybridized carbons (Fsp3) is 0.125. The van der Waals surface area contributed by atoms with Gasteiger partial charge in [0.15, 0.2) is 16.7 Å². The van der Waals surface area contributed by atoms with Gasteiger partial charge in [0.25, 0.3) is 0 Å². The van der Waals surface area contributed by atoms with Crippen LogP contribution in [-0.2, 0) is 12.7 Å². The SMILES string of the molecule is C=CCn1c(Sc2ccc(C(F)(F)F)nn2)nnc1-c1ccc(Cl)cc1. The number of alkyl halides is 3. The zero-order valence-electron chi connectivity index (χ0n) is 13.1. The topological polar surface area (TPSA) is 56.5 Å². The smallest absolute Gasteiger partial charge is 0.298 e. The Hall–Kier alpha value is -2.39.